The van der Waals surface area contributed by atoms with E-state index in [1.807, 2.05) is 12.2 Å². The van der Waals surface area contributed by atoms with Gasteiger partial charge in [0, 0.05) is 6.08 Å². The summed E-state index contributed by atoms with van der Waals surface area (Å²) in [7, 11) is 0. The molecule has 15 heavy (non-hydrogen) atoms. The zero-order valence-electron chi connectivity index (χ0n) is 9.61. The van der Waals surface area contributed by atoms with Crippen LogP contribution in [0, 0.1) is 0 Å². The largest absolute Gasteiger partial charge is 0.463 e. The smallest absolute Gasteiger partial charge is 0.330 e. The number of carbonyl (C=O) groups excluding carboxylic acids is 1. The van der Waals surface area contributed by atoms with Crippen LogP contribution in [0.25, 0.3) is 0 Å². The normalized spacial score (nSPS) is 11.9. The van der Waals surface area contributed by atoms with Crippen LogP contribution in [-0.4, -0.2) is 12.6 Å². The summed E-state index contributed by atoms with van der Waals surface area (Å²) in [5.74, 6) is -0.288. The summed E-state index contributed by atoms with van der Waals surface area (Å²) in [6.07, 6.45) is 14.5. The summed E-state index contributed by atoms with van der Waals surface area (Å²) >= 11 is 0. The zero-order chi connectivity index (χ0) is 11.4. The number of hydrogen-bond acceptors (Lipinski definition) is 2. The summed E-state index contributed by atoms with van der Waals surface area (Å²) in [5.41, 5.74) is 0. The molecule has 0 aromatic rings. The molecule has 0 aliphatic carbocycles. The minimum atomic E-state index is -0.288. The molecule has 0 unspecified atom stereocenters. The van der Waals surface area contributed by atoms with Gasteiger partial charge >= 0.3 is 5.97 Å². The van der Waals surface area contributed by atoms with Crippen LogP contribution >= 0.6 is 0 Å². The predicted octanol–water partition coefficient (Wildman–Crippen LogP) is 3.41. The Labute approximate surface area is 92.3 Å². The second kappa shape index (κ2) is 10.8. The van der Waals surface area contributed by atoms with Crippen molar-refractivity contribution in [3.8, 4) is 0 Å². The molecule has 0 atom stereocenters. The lowest BCUT2D eigenvalue weighted by Crippen LogP contribution is -1.98. The maximum absolute atomic E-state index is 10.9. The van der Waals surface area contributed by atoms with Crippen LogP contribution < -0.4 is 0 Å². The first-order valence-corrected chi connectivity index (χ1v) is 5.46. The van der Waals surface area contributed by atoms with Gasteiger partial charge in [0.15, 0.2) is 0 Å². The van der Waals surface area contributed by atoms with E-state index in [0.29, 0.717) is 6.61 Å². The van der Waals surface area contributed by atoms with Crippen molar-refractivity contribution < 1.29 is 9.53 Å². The highest BCUT2D eigenvalue weighted by molar-refractivity contribution is 5.82. The predicted molar refractivity (Wildman–Crippen MR) is 63.6 cm³/mol. The van der Waals surface area contributed by atoms with Crippen molar-refractivity contribution in [3.63, 3.8) is 0 Å². The second-order valence-corrected chi connectivity index (χ2v) is 3.04. The second-order valence-electron chi connectivity index (χ2n) is 3.04. The van der Waals surface area contributed by atoms with E-state index < -0.39 is 0 Å². The summed E-state index contributed by atoms with van der Waals surface area (Å²) in [5, 5.41) is 0. The average molecular weight is 208 g/mol. The van der Waals surface area contributed by atoms with Crippen molar-refractivity contribution in [2.75, 3.05) is 6.61 Å². The van der Waals surface area contributed by atoms with E-state index in [1.165, 1.54) is 12.5 Å². The minimum absolute atomic E-state index is 0.288. The van der Waals surface area contributed by atoms with E-state index in [1.54, 1.807) is 13.0 Å². The molecule has 0 spiro atoms. The monoisotopic (exact) mass is 208 g/mol. The van der Waals surface area contributed by atoms with E-state index in [4.69, 9.17) is 4.74 Å². The summed E-state index contributed by atoms with van der Waals surface area (Å²) in [6.45, 7) is 4.37. The van der Waals surface area contributed by atoms with E-state index in [9.17, 15) is 4.79 Å². The molecule has 0 heterocycles. The fraction of sp³-hybridized carbons (Fsp3) is 0.462. The number of allylic oxidation sites excluding steroid dienone is 5. The van der Waals surface area contributed by atoms with Crippen molar-refractivity contribution in [3.05, 3.63) is 36.5 Å². The zero-order valence-corrected chi connectivity index (χ0v) is 9.61. The summed E-state index contributed by atoms with van der Waals surface area (Å²) in [6, 6.07) is 0. The number of ether oxygens (including phenoxy) is 1. The van der Waals surface area contributed by atoms with Gasteiger partial charge in [0.25, 0.3) is 0 Å². The van der Waals surface area contributed by atoms with Gasteiger partial charge in [-0.1, -0.05) is 43.7 Å². The van der Waals surface area contributed by atoms with E-state index in [-0.39, 0.29) is 5.97 Å². The van der Waals surface area contributed by atoms with E-state index in [2.05, 4.69) is 19.1 Å². The molecular weight excluding hydrogens is 188 g/mol. The Morgan fingerprint density at radius 2 is 1.93 bits per heavy atom. The highest BCUT2D eigenvalue weighted by Crippen LogP contribution is 1.92. The van der Waals surface area contributed by atoms with Crippen LogP contribution in [0.15, 0.2) is 36.5 Å². The molecule has 0 aromatic carbocycles. The van der Waals surface area contributed by atoms with Crippen LogP contribution in [0.3, 0.4) is 0 Å². The number of hydrogen-bond donors (Lipinski definition) is 0. The Balaban J connectivity index is 3.57. The van der Waals surface area contributed by atoms with Crippen molar-refractivity contribution in [2.45, 2.75) is 33.1 Å². The molecule has 0 saturated carbocycles. The van der Waals surface area contributed by atoms with Crippen molar-refractivity contribution >= 4 is 5.97 Å². The van der Waals surface area contributed by atoms with Gasteiger partial charge in [-0.15, -0.1) is 0 Å². The molecule has 2 nitrogen and oxygen atoms in total. The molecule has 0 amide bonds. The van der Waals surface area contributed by atoms with Gasteiger partial charge in [-0.3, -0.25) is 0 Å². The third kappa shape index (κ3) is 10.6. The average Bonchev–Trinajstić information content (AvgIpc) is 2.22. The first-order chi connectivity index (χ1) is 7.31. The lowest BCUT2D eigenvalue weighted by Gasteiger charge is -1.92. The van der Waals surface area contributed by atoms with Gasteiger partial charge in [-0.25, -0.2) is 4.79 Å². The Morgan fingerprint density at radius 3 is 2.60 bits per heavy atom. The molecule has 0 saturated heterocycles. The lowest BCUT2D eigenvalue weighted by atomic mass is 10.2. The number of esters is 1. The molecule has 2 heteroatoms. The van der Waals surface area contributed by atoms with Crippen molar-refractivity contribution in [2.24, 2.45) is 0 Å². The fourth-order valence-corrected chi connectivity index (χ4v) is 0.941. The van der Waals surface area contributed by atoms with Crippen LogP contribution in [0.1, 0.15) is 33.1 Å². The Morgan fingerprint density at radius 1 is 1.13 bits per heavy atom. The fourth-order valence-electron chi connectivity index (χ4n) is 0.941. The number of carbonyl (C=O) groups is 1. The quantitative estimate of drug-likeness (QED) is 0.277. The van der Waals surface area contributed by atoms with Gasteiger partial charge in [0.05, 0.1) is 6.61 Å². The third-order valence-corrected chi connectivity index (χ3v) is 1.66. The standard InChI is InChI=1S/C13H20O2/c1-3-5-6-7-8-9-10-11-12-13(14)15-4-2/h6-7,9-12H,3-5,8H2,1-2H3. The van der Waals surface area contributed by atoms with Gasteiger partial charge in [0.2, 0.25) is 0 Å². The summed E-state index contributed by atoms with van der Waals surface area (Å²) < 4.78 is 4.73. The van der Waals surface area contributed by atoms with Crippen LogP contribution in [-0.2, 0) is 9.53 Å². The first-order valence-electron chi connectivity index (χ1n) is 5.46. The minimum Gasteiger partial charge on any atom is -0.463 e. The third-order valence-electron chi connectivity index (χ3n) is 1.66. The Bertz CT molecular complexity index is 237. The maximum atomic E-state index is 10.9. The molecule has 0 fully saturated rings. The van der Waals surface area contributed by atoms with Gasteiger partial charge in [0.1, 0.15) is 0 Å². The first kappa shape index (κ1) is 13.7. The van der Waals surface area contributed by atoms with Crippen LogP contribution in [0.2, 0.25) is 0 Å². The molecule has 0 bridgehead atoms. The topological polar surface area (TPSA) is 26.3 Å². The highest BCUT2D eigenvalue weighted by atomic mass is 16.5. The molecule has 0 aromatic heterocycles. The highest BCUT2D eigenvalue weighted by Gasteiger charge is 1.89. The number of rotatable bonds is 7. The van der Waals surface area contributed by atoms with E-state index in [0.717, 1.165) is 12.8 Å². The van der Waals surface area contributed by atoms with E-state index >= 15 is 0 Å². The maximum Gasteiger partial charge on any atom is 0.330 e. The molecule has 0 N–H and O–H groups in total. The van der Waals surface area contributed by atoms with Crippen molar-refractivity contribution in [1.82, 2.24) is 0 Å². The SMILES string of the molecule is CCCC=CCC=CC=CC(=O)OCC. The molecular formula is C13H20O2. The van der Waals surface area contributed by atoms with Gasteiger partial charge in [-0.2, -0.15) is 0 Å². The molecule has 0 aliphatic heterocycles. The van der Waals surface area contributed by atoms with Crippen LogP contribution in [0.5, 0.6) is 0 Å². The lowest BCUT2D eigenvalue weighted by molar-refractivity contribution is -0.137. The Hall–Kier alpha value is -1.31. The van der Waals surface area contributed by atoms with Crippen LogP contribution in [0.4, 0.5) is 0 Å². The van der Waals surface area contributed by atoms with Crippen molar-refractivity contribution in [1.29, 1.82) is 0 Å². The number of unbranched alkanes of at least 4 members (excludes halogenated alkanes) is 1. The molecule has 0 aliphatic rings. The molecule has 0 radical (unpaired) electrons. The molecule has 0 rings (SSSR count). The Kier molecular flexibility index (Phi) is 9.83. The van der Waals surface area contributed by atoms with Gasteiger partial charge in [-0.05, 0) is 19.8 Å². The summed E-state index contributed by atoms with van der Waals surface area (Å²) in [4.78, 5) is 10.9. The van der Waals surface area contributed by atoms with Gasteiger partial charge < -0.3 is 4.74 Å². The molecule has 84 valence electrons.